The number of aliphatic imine (C=N–C) groups is 1. The molecule has 0 radical (unpaired) electrons. The predicted octanol–water partition coefficient (Wildman–Crippen LogP) is 2.33. The molecule has 60 valence electrons. The van der Waals surface area contributed by atoms with E-state index in [2.05, 4.69) is 4.99 Å². The van der Waals surface area contributed by atoms with E-state index in [9.17, 15) is 4.79 Å². The SMILES string of the molecule is O=C(Cl)N1C=C(Cl)N=CC1Cl. The van der Waals surface area contributed by atoms with Crippen LogP contribution in [0.2, 0.25) is 0 Å². The highest BCUT2D eigenvalue weighted by molar-refractivity contribution is 6.63. The highest BCUT2D eigenvalue weighted by Gasteiger charge is 2.19. The summed E-state index contributed by atoms with van der Waals surface area (Å²) in [6.07, 6.45) is 2.60. The van der Waals surface area contributed by atoms with Gasteiger partial charge in [0.05, 0.1) is 0 Å². The number of amides is 1. The first-order chi connectivity index (χ1) is 5.11. The van der Waals surface area contributed by atoms with Crippen molar-refractivity contribution >= 4 is 46.4 Å². The van der Waals surface area contributed by atoms with E-state index in [0.29, 0.717) is 0 Å². The molecule has 1 atom stereocenters. The molecule has 0 fully saturated rings. The molecule has 0 aromatic carbocycles. The molecule has 3 nitrogen and oxygen atoms in total. The molecule has 0 bridgehead atoms. The van der Waals surface area contributed by atoms with E-state index in [-0.39, 0.29) is 5.16 Å². The molecule has 11 heavy (non-hydrogen) atoms. The second-order valence-corrected chi connectivity index (χ2v) is 2.92. The van der Waals surface area contributed by atoms with Crippen LogP contribution in [0.4, 0.5) is 4.79 Å². The van der Waals surface area contributed by atoms with Crippen LogP contribution in [-0.4, -0.2) is 22.0 Å². The van der Waals surface area contributed by atoms with Crippen molar-refractivity contribution in [2.24, 2.45) is 4.99 Å². The first kappa shape index (κ1) is 8.84. The lowest BCUT2D eigenvalue weighted by molar-refractivity contribution is 0.239. The molecule has 0 aromatic rings. The summed E-state index contributed by atoms with van der Waals surface area (Å²) < 4.78 is 0. The fraction of sp³-hybridized carbons (Fsp3) is 0.200. The molecule has 1 aliphatic heterocycles. The van der Waals surface area contributed by atoms with Gasteiger partial charge in [0, 0.05) is 12.4 Å². The monoisotopic (exact) mass is 212 g/mol. The quantitative estimate of drug-likeness (QED) is 0.345. The second-order valence-electron chi connectivity index (χ2n) is 1.76. The Hall–Kier alpha value is -0.250. The summed E-state index contributed by atoms with van der Waals surface area (Å²) in [5.74, 6) is 0. The van der Waals surface area contributed by atoms with Crippen LogP contribution in [0.5, 0.6) is 0 Å². The van der Waals surface area contributed by atoms with Crippen LogP contribution in [0.3, 0.4) is 0 Å². The van der Waals surface area contributed by atoms with Crippen molar-refractivity contribution in [2.75, 3.05) is 0 Å². The maximum Gasteiger partial charge on any atom is 0.322 e. The van der Waals surface area contributed by atoms with E-state index < -0.39 is 10.9 Å². The van der Waals surface area contributed by atoms with Gasteiger partial charge in [-0.3, -0.25) is 9.69 Å². The number of alkyl halides is 1. The maximum absolute atomic E-state index is 10.6. The first-order valence-corrected chi connectivity index (χ1v) is 3.84. The van der Waals surface area contributed by atoms with Gasteiger partial charge in [0.2, 0.25) is 0 Å². The highest BCUT2D eigenvalue weighted by Crippen LogP contribution is 2.17. The Morgan fingerprint density at radius 2 is 2.36 bits per heavy atom. The summed E-state index contributed by atoms with van der Waals surface area (Å²) in [6.45, 7) is 0. The van der Waals surface area contributed by atoms with Gasteiger partial charge in [-0.2, -0.15) is 0 Å². The second kappa shape index (κ2) is 3.43. The van der Waals surface area contributed by atoms with Gasteiger partial charge in [-0.05, 0) is 11.6 Å². The summed E-state index contributed by atoms with van der Waals surface area (Å²) in [6, 6.07) is 0. The van der Waals surface area contributed by atoms with Crippen LogP contribution in [0.25, 0.3) is 0 Å². The fourth-order valence-corrected chi connectivity index (χ4v) is 1.14. The molecule has 0 aliphatic carbocycles. The molecule has 1 amide bonds. The van der Waals surface area contributed by atoms with E-state index >= 15 is 0 Å². The number of carbonyl (C=O) groups excluding carboxylic acids is 1. The van der Waals surface area contributed by atoms with E-state index in [1.807, 2.05) is 0 Å². The minimum absolute atomic E-state index is 0.177. The highest BCUT2D eigenvalue weighted by atomic mass is 35.5. The number of hydrogen-bond acceptors (Lipinski definition) is 2. The van der Waals surface area contributed by atoms with Crippen molar-refractivity contribution in [3.8, 4) is 0 Å². The minimum Gasteiger partial charge on any atom is -0.280 e. The fourth-order valence-electron chi connectivity index (χ4n) is 0.572. The molecule has 1 aliphatic rings. The largest absolute Gasteiger partial charge is 0.322 e. The number of nitrogens with zero attached hydrogens (tertiary/aromatic N) is 2. The van der Waals surface area contributed by atoms with E-state index in [4.69, 9.17) is 34.8 Å². The Balaban J connectivity index is 2.81. The maximum atomic E-state index is 10.6. The van der Waals surface area contributed by atoms with Crippen molar-refractivity contribution in [3.05, 3.63) is 11.4 Å². The minimum atomic E-state index is -0.686. The number of carbonyl (C=O) groups is 1. The van der Waals surface area contributed by atoms with Crippen molar-refractivity contribution in [2.45, 2.75) is 5.50 Å². The Morgan fingerprint density at radius 1 is 1.73 bits per heavy atom. The van der Waals surface area contributed by atoms with Gasteiger partial charge < -0.3 is 0 Å². The molecule has 1 rings (SSSR count). The van der Waals surface area contributed by atoms with Gasteiger partial charge in [-0.1, -0.05) is 23.2 Å². The molecule has 0 saturated carbocycles. The number of hydrogen-bond donors (Lipinski definition) is 0. The van der Waals surface area contributed by atoms with E-state index in [1.165, 1.54) is 12.4 Å². The zero-order valence-electron chi connectivity index (χ0n) is 5.17. The average molecular weight is 213 g/mol. The number of rotatable bonds is 0. The summed E-state index contributed by atoms with van der Waals surface area (Å²) in [5, 5.41) is -0.509. The zero-order chi connectivity index (χ0) is 8.43. The van der Waals surface area contributed by atoms with E-state index in [1.54, 1.807) is 0 Å². The molecule has 0 aromatic heterocycles. The molecule has 0 spiro atoms. The third-order valence-electron chi connectivity index (χ3n) is 1.04. The van der Waals surface area contributed by atoms with Gasteiger partial charge in [0.1, 0.15) is 10.7 Å². The lowest BCUT2D eigenvalue weighted by Gasteiger charge is -2.20. The normalized spacial score (nSPS) is 23.4. The van der Waals surface area contributed by atoms with Crippen LogP contribution >= 0.6 is 34.8 Å². The molecule has 6 heteroatoms. The Kier molecular flexibility index (Phi) is 2.76. The van der Waals surface area contributed by atoms with Gasteiger partial charge in [0.15, 0.2) is 0 Å². The Morgan fingerprint density at radius 3 is 2.82 bits per heavy atom. The summed E-state index contributed by atoms with van der Waals surface area (Å²) in [5.41, 5.74) is -0.650. The zero-order valence-corrected chi connectivity index (χ0v) is 7.44. The van der Waals surface area contributed by atoms with E-state index in [0.717, 1.165) is 4.90 Å². The number of halogens is 3. The van der Waals surface area contributed by atoms with Crippen molar-refractivity contribution in [1.82, 2.24) is 4.90 Å². The Bertz CT molecular complexity index is 238. The molecular formula is C5H3Cl3N2O. The van der Waals surface area contributed by atoms with Crippen LogP contribution in [-0.2, 0) is 0 Å². The molecule has 1 unspecified atom stereocenters. The molecule has 0 N–H and O–H groups in total. The van der Waals surface area contributed by atoms with Crippen molar-refractivity contribution < 1.29 is 4.79 Å². The van der Waals surface area contributed by atoms with Crippen LogP contribution in [0, 0.1) is 0 Å². The van der Waals surface area contributed by atoms with Crippen molar-refractivity contribution in [1.29, 1.82) is 0 Å². The first-order valence-electron chi connectivity index (χ1n) is 2.64. The molecular weight excluding hydrogens is 210 g/mol. The van der Waals surface area contributed by atoms with Gasteiger partial charge >= 0.3 is 5.37 Å². The average Bonchev–Trinajstić information content (AvgIpc) is 1.94. The van der Waals surface area contributed by atoms with Gasteiger partial charge in [0.25, 0.3) is 0 Å². The summed E-state index contributed by atoms with van der Waals surface area (Å²) in [7, 11) is 0. The lowest BCUT2D eigenvalue weighted by atomic mass is 10.5. The van der Waals surface area contributed by atoms with Gasteiger partial charge in [-0.25, -0.2) is 4.99 Å². The standard InChI is InChI=1S/C5H3Cl3N2O/c6-3-2-10(5(8)11)4(7)1-9-3/h1-2,4H. The predicted molar refractivity (Wildman–Crippen MR) is 45.2 cm³/mol. The summed E-state index contributed by atoms with van der Waals surface area (Å²) in [4.78, 5) is 15.3. The third kappa shape index (κ3) is 2.09. The van der Waals surface area contributed by atoms with Crippen LogP contribution in [0.15, 0.2) is 16.3 Å². The van der Waals surface area contributed by atoms with Gasteiger partial charge in [-0.15, -0.1) is 0 Å². The van der Waals surface area contributed by atoms with Crippen LogP contribution < -0.4 is 0 Å². The molecule has 0 saturated heterocycles. The van der Waals surface area contributed by atoms with Crippen molar-refractivity contribution in [3.63, 3.8) is 0 Å². The lowest BCUT2D eigenvalue weighted by Crippen LogP contribution is -2.31. The topological polar surface area (TPSA) is 32.7 Å². The molecule has 1 heterocycles. The van der Waals surface area contributed by atoms with Crippen LogP contribution in [0.1, 0.15) is 0 Å². The summed E-state index contributed by atoms with van der Waals surface area (Å²) >= 11 is 16.2. The smallest absolute Gasteiger partial charge is 0.280 e. The third-order valence-corrected chi connectivity index (χ3v) is 1.75. The Labute approximate surface area is 78.2 Å².